The average Bonchev–Trinajstić information content (AvgIpc) is 3.00. The average molecular weight is 228 g/mol. The molecule has 16 heavy (non-hydrogen) atoms. The number of nitrogens with one attached hydrogen (secondary N) is 1. The Morgan fingerprint density at radius 3 is 2.50 bits per heavy atom. The zero-order chi connectivity index (χ0) is 12.0. The van der Waals surface area contributed by atoms with Crippen LogP contribution < -0.4 is 5.32 Å². The molecule has 0 heterocycles. The van der Waals surface area contributed by atoms with Gasteiger partial charge >= 0.3 is 0 Å². The summed E-state index contributed by atoms with van der Waals surface area (Å²) in [6.07, 6.45) is 2.55. The van der Waals surface area contributed by atoms with Crippen LogP contribution >= 0.6 is 0 Å². The van der Waals surface area contributed by atoms with Crippen LogP contribution in [0.5, 0.6) is 0 Å². The minimum atomic E-state index is -0.225. The highest BCUT2D eigenvalue weighted by atomic mass is 16.3. The highest BCUT2D eigenvalue weighted by molar-refractivity contribution is 4.78. The first-order valence-electron chi connectivity index (χ1n) is 6.73. The van der Waals surface area contributed by atoms with E-state index in [2.05, 4.69) is 31.0 Å². The van der Waals surface area contributed by atoms with Crippen LogP contribution in [0.1, 0.15) is 33.6 Å². The van der Waals surface area contributed by atoms with Gasteiger partial charge in [-0.25, -0.2) is 0 Å². The van der Waals surface area contributed by atoms with E-state index in [4.69, 9.17) is 0 Å². The van der Waals surface area contributed by atoms with E-state index in [1.54, 1.807) is 0 Å². The molecular formula is C13H28N2O. The largest absolute Gasteiger partial charge is 0.390 e. The summed E-state index contributed by atoms with van der Waals surface area (Å²) in [5.74, 6) is 1.57. The Labute approximate surface area is 100 Å². The number of aliphatic hydroxyl groups is 1. The molecule has 3 nitrogen and oxygen atoms in total. The maximum Gasteiger partial charge on any atom is 0.0791 e. The Morgan fingerprint density at radius 1 is 1.31 bits per heavy atom. The molecule has 2 N–H and O–H groups in total. The second-order valence-electron chi connectivity index (χ2n) is 5.50. The molecule has 1 unspecified atom stereocenters. The van der Waals surface area contributed by atoms with Crippen LogP contribution in [0.2, 0.25) is 0 Å². The number of nitrogens with zero attached hydrogens (tertiary/aromatic N) is 1. The summed E-state index contributed by atoms with van der Waals surface area (Å²) in [5, 5.41) is 13.2. The lowest BCUT2D eigenvalue weighted by Gasteiger charge is -2.23. The summed E-state index contributed by atoms with van der Waals surface area (Å²) in [7, 11) is 0. The molecular weight excluding hydrogens is 200 g/mol. The fourth-order valence-electron chi connectivity index (χ4n) is 1.90. The summed E-state index contributed by atoms with van der Waals surface area (Å²) in [6.45, 7) is 11.3. The van der Waals surface area contributed by atoms with Crippen LogP contribution in [0, 0.1) is 11.8 Å². The summed E-state index contributed by atoms with van der Waals surface area (Å²) in [4.78, 5) is 2.37. The van der Waals surface area contributed by atoms with E-state index in [9.17, 15) is 5.11 Å². The van der Waals surface area contributed by atoms with Crippen molar-refractivity contribution in [2.75, 3.05) is 32.7 Å². The van der Waals surface area contributed by atoms with Crippen molar-refractivity contribution in [3.05, 3.63) is 0 Å². The van der Waals surface area contributed by atoms with E-state index in [0.29, 0.717) is 5.92 Å². The second-order valence-corrected chi connectivity index (χ2v) is 5.50. The third-order valence-electron chi connectivity index (χ3n) is 3.06. The molecule has 0 saturated heterocycles. The predicted octanol–water partition coefficient (Wildman–Crippen LogP) is 1.32. The van der Waals surface area contributed by atoms with Gasteiger partial charge in [0.15, 0.2) is 0 Å². The van der Waals surface area contributed by atoms with Crippen molar-refractivity contribution in [3.63, 3.8) is 0 Å². The van der Waals surface area contributed by atoms with Gasteiger partial charge in [-0.1, -0.05) is 20.8 Å². The van der Waals surface area contributed by atoms with Gasteiger partial charge < -0.3 is 15.3 Å². The predicted molar refractivity (Wildman–Crippen MR) is 68.6 cm³/mol. The minimum absolute atomic E-state index is 0.225. The number of aliphatic hydroxyl groups excluding tert-OH is 1. The zero-order valence-electron chi connectivity index (χ0n) is 11.1. The van der Waals surface area contributed by atoms with E-state index >= 15 is 0 Å². The first kappa shape index (κ1) is 13.9. The molecule has 1 atom stereocenters. The van der Waals surface area contributed by atoms with E-state index < -0.39 is 0 Å². The lowest BCUT2D eigenvalue weighted by atomic mass is 10.2. The van der Waals surface area contributed by atoms with Crippen molar-refractivity contribution in [1.82, 2.24) is 10.2 Å². The number of likely N-dealkylation sites (N-methyl/N-ethyl adjacent to an activating group) is 1. The van der Waals surface area contributed by atoms with Crippen molar-refractivity contribution >= 4 is 0 Å². The fraction of sp³-hybridized carbons (Fsp3) is 1.00. The molecule has 0 spiro atoms. The van der Waals surface area contributed by atoms with Crippen LogP contribution in [0.25, 0.3) is 0 Å². The number of rotatable bonds is 9. The second kappa shape index (κ2) is 7.25. The molecule has 1 aliphatic rings. The van der Waals surface area contributed by atoms with E-state index in [1.807, 2.05) is 0 Å². The van der Waals surface area contributed by atoms with Crippen LogP contribution in [0.4, 0.5) is 0 Å². The van der Waals surface area contributed by atoms with Crippen molar-refractivity contribution < 1.29 is 5.11 Å². The topological polar surface area (TPSA) is 35.5 Å². The Balaban J connectivity index is 2.07. The van der Waals surface area contributed by atoms with Crippen molar-refractivity contribution in [2.45, 2.75) is 39.7 Å². The van der Waals surface area contributed by atoms with Crippen LogP contribution in [0.3, 0.4) is 0 Å². The van der Waals surface area contributed by atoms with E-state index in [0.717, 1.165) is 32.1 Å². The van der Waals surface area contributed by atoms with Gasteiger partial charge in [0, 0.05) is 19.6 Å². The molecule has 3 heteroatoms. The molecule has 1 rings (SSSR count). The van der Waals surface area contributed by atoms with Gasteiger partial charge in [-0.2, -0.15) is 0 Å². The SMILES string of the molecule is CCN(CC(O)CNCC(C)C)CC1CC1. The van der Waals surface area contributed by atoms with Crippen molar-refractivity contribution in [3.8, 4) is 0 Å². The molecule has 0 aromatic rings. The van der Waals surface area contributed by atoms with Crippen molar-refractivity contribution in [1.29, 1.82) is 0 Å². The molecule has 0 aromatic carbocycles. The van der Waals surface area contributed by atoms with Crippen LogP contribution in [0.15, 0.2) is 0 Å². The van der Waals surface area contributed by atoms with Gasteiger partial charge in [0.05, 0.1) is 6.10 Å². The van der Waals surface area contributed by atoms with Gasteiger partial charge in [0.25, 0.3) is 0 Å². The first-order chi connectivity index (χ1) is 7.61. The van der Waals surface area contributed by atoms with Gasteiger partial charge in [-0.15, -0.1) is 0 Å². The quantitative estimate of drug-likeness (QED) is 0.625. The standard InChI is InChI=1S/C13H28N2O/c1-4-15(9-12-5-6-12)10-13(16)8-14-7-11(2)3/h11-14,16H,4-10H2,1-3H3. The summed E-state index contributed by atoms with van der Waals surface area (Å²) >= 11 is 0. The van der Waals surface area contributed by atoms with E-state index in [1.165, 1.54) is 19.4 Å². The van der Waals surface area contributed by atoms with Crippen LogP contribution in [-0.2, 0) is 0 Å². The summed E-state index contributed by atoms with van der Waals surface area (Å²) in [6, 6.07) is 0. The lowest BCUT2D eigenvalue weighted by Crippen LogP contribution is -2.39. The van der Waals surface area contributed by atoms with E-state index in [-0.39, 0.29) is 6.10 Å². The maximum atomic E-state index is 9.89. The monoisotopic (exact) mass is 228 g/mol. The normalized spacial score (nSPS) is 18.4. The van der Waals surface area contributed by atoms with Crippen molar-refractivity contribution in [2.24, 2.45) is 11.8 Å². The first-order valence-corrected chi connectivity index (χ1v) is 6.73. The zero-order valence-corrected chi connectivity index (χ0v) is 11.1. The molecule has 1 saturated carbocycles. The molecule has 0 amide bonds. The van der Waals surface area contributed by atoms with Gasteiger partial charge in [0.1, 0.15) is 0 Å². The van der Waals surface area contributed by atoms with Gasteiger partial charge in [-0.05, 0) is 37.8 Å². The smallest absolute Gasteiger partial charge is 0.0791 e. The molecule has 96 valence electrons. The highest BCUT2D eigenvalue weighted by Gasteiger charge is 2.24. The minimum Gasteiger partial charge on any atom is -0.390 e. The Bertz CT molecular complexity index is 181. The van der Waals surface area contributed by atoms with Gasteiger partial charge in [-0.3, -0.25) is 0 Å². The fourth-order valence-corrected chi connectivity index (χ4v) is 1.90. The summed E-state index contributed by atoms with van der Waals surface area (Å²) < 4.78 is 0. The maximum absolute atomic E-state index is 9.89. The third kappa shape index (κ3) is 6.46. The molecule has 0 bridgehead atoms. The molecule has 1 aliphatic carbocycles. The Morgan fingerprint density at radius 2 is 2.00 bits per heavy atom. The molecule has 1 fully saturated rings. The Kier molecular flexibility index (Phi) is 6.32. The number of hydrogen-bond donors (Lipinski definition) is 2. The number of hydrogen-bond acceptors (Lipinski definition) is 3. The summed E-state index contributed by atoms with van der Waals surface area (Å²) in [5.41, 5.74) is 0. The van der Waals surface area contributed by atoms with Crippen LogP contribution in [-0.4, -0.2) is 48.8 Å². The lowest BCUT2D eigenvalue weighted by molar-refractivity contribution is 0.111. The molecule has 0 aromatic heterocycles. The Hall–Kier alpha value is -0.120. The highest BCUT2D eigenvalue weighted by Crippen LogP contribution is 2.29. The third-order valence-corrected chi connectivity index (χ3v) is 3.06. The molecule has 0 aliphatic heterocycles. The molecule has 0 radical (unpaired) electrons. The van der Waals surface area contributed by atoms with Gasteiger partial charge in [0.2, 0.25) is 0 Å².